The van der Waals surface area contributed by atoms with E-state index >= 15 is 0 Å². The molecule has 84 valence electrons. The molecule has 2 aromatic rings. The minimum Gasteiger partial charge on any atom is -0.378 e. The third-order valence-corrected chi connectivity index (χ3v) is 3.77. The first-order chi connectivity index (χ1) is 7.65. The zero-order valence-corrected chi connectivity index (χ0v) is 10.8. The molecule has 0 aliphatic heterocycles. The van der Waals surface area contributed by atoms with Crippen molar-refractivity contribution in [3.05, 3.63) is 51.7 Å². The average Bonchev–Trinajstić information content (AvgIpc) is 2.65. The van der Waals surface area contributed by atoms with Crippen LogP contribution in [0.2, 0.25) is 0 Å². The van der Waals surface area contributed by atoms with Gasteiger partial charge in [0.15, 0.2) is 0 Å². The molecule has 0 fully saturated rings. The lowest BCUT2D eigenvalue weighted by molar-refractivity contribution is 0.908. The molecule has 0 aliphatic rings. The second-order valence-corrected chi connectivity index (χ2v) is 5.50. The van der Waals surface area contributed by atoms with E-state index in [2.05, 4.69) is 62.5 Å². The van der Waals surface area contributed by atoms with Crippen molar-refractivity contribution in [3.8, 4) is 0 Å². The van der Waals surface area contributed by atoms with Gasteiger partial charge in [0.05, 0.1) is 6.04 Å². The molecule has 1 unspecified atom stereocenters. The van der Waals surface area contributed by atoms with E-state index < -0.39 is 0 Å². The van der Waals surface area contributed by atoms with Crippen LogP contribution in [-0.2, 0) is 0 Å². The second-order valence-electron chi connectivity index (χ2n) is 4.18. The Morgan fingerprint density at radius 2 is 1.94 bits per heavy atom. The molecule has 2 heteroatoms. The van der Waals surface area contributed by atoms with Crippen molar-refractivity contribution in [2.45, 2.75) is 26.8 Å². The summed E-state index contributed by atoms with van der Waals surface area (Å²) in [5.74, 6) is 0. The van der Waals surface area contributed by atoms with E-state index in [0.717, 1.165) is 0 Å². The van der Waals surface area contributed by atoms with Gasteiger partial charge < -0.3 is 5.32 Å². The van der Waals surface area contributed by atoms with Crippen molar-refractivity contribution < 1.29 is 0 Å². The summed E-state index contributed by atoms with van der Waals surface area (Å²) >= 11 is 1.86. The van der Waals surface area contributed by atoms with Gasteiger partial charge in [0, 0.05) is 15.4 Å². The minimum absolute atomic E-state index is 0.375. The van der Waals surface area contributed by atoms with Crippen molar-refractivity contribution in [2.24, 2.45) is 0 Å². The molecule has 16 heavy (non-hydrogen) atoms. The molecule has 1 atom stereocenters. The predicted octanol–water partition coefficient (Wildman–Crippen LogP) is 4.54. The van der Waals surface area contributed by atoms with Crippen LogP contribution in [0.25, 0.3) is 0 Å². The number of benzene rings is 1. The number of thiophene rings is 1. The largest absolute Gasteiger partial charge is 0.378 e. The van der Waals surface area contributed by atoms with Crippen LogP contribution in [0.3, 0.4) is 0 Å². The van der Waals surface area contributed by atoms with Gasteiger partial charge >= 0.3 is 0 Å². The van der Waals surface area contributed by atoms with Crippen molar-refractivity contribution in [1.82, 2.24) is 0 Å². The molecule has 0 bridgehead atoms. The first kappa shape index (κ1) is 11.2. The fourth-order valence-corrected chi connectivity index (χ4v) is 2.62. The van der Waals surface area contributed by atoms with Crippen LogP contribution in [0.5, 0.6) is 0 Å². The molecule has 1 aromatic heterocycles. The Morgan fingerprint density at radius 3 is 2.56 bits per heavy atom. The normalized spacial score (nSPS) is 12.4. The third-order valence-electron chi connectivity index (χ3n) is 2.59. The Kier molecular flexibility index (Phi) is 3.30. The summed E-state index contributed by atoms with van der Waals surface area (Å²) in [5, 5.41) is 3.52. The lowest BCUT2D eigenvalue weighted by Gasteiger charge is -2.14. The van der Waals surface area contributed by atoms with E-state index in [-0.39, 0.29) is 0 Å². The SMILES string of the molecule is Cc1cccc(NC(C)c2ccc(C)s2)c1. The number of hydrogen-bond acceptors (Lipinski definition) is 2. The van der Waals surface area contributed by atoms with E-state index in [4.69, 9.17) is 0 Å². The topological polar surface area (TPSA) is 12.0 Å². The quantitative estimate of drug-likeness (QED) is 0.818. The Bertz CT molecular complexity index is 473. The van der Waals surface area contributed by atoms with Gasteiger partial charge in [0.2, 0.25) is 0 Å². The lowest BCUT2D eigenvalue weighted by Crippen LogP contribution is -2.04. The fourth-order valence-electron chi connectivity index (χ4n) is 1.74. The summed E-state index contributed by atoms with van der Waals surface area (Å²) in [6, 6.07) is 13.2. The van der Waals surface area contributed by atoms with E-state index in [0.29, 0.717) is 6.04 Å². The van der Waals surface area contributed by atoms with Crippen LogP contribution in [0.15, 0.2) is 36.4 Å². The van der Waals surface area contributed by atoms with E-state index in [1.165, 1.54) is 21.0 Å². The number of anilines is 1. The van der Waals surface area contributed by atoms with Gasteiger partial charge in [-0.05, 0) is 50.6 Å². The molecule has 2 rings (SSSR count). The first-order valence-corrected chi connectivity index (χ1v) is 6.36. The van der Waals surface area contributed by atoms with E-state index in [1.807, 2.05) is 11.3 Å². The van der Waals surface area contributed by atoms with Crippen LogP contribution in [-0.4, -0.2) is 0 Å². The van der Waals surface area contributed by atoms with Gasteiger partial charge in [-0.25, -0.2) is 0 Å². The monoisotopic (exact) mass is 231 g/mol. The van der Waals surface area contributed by atoms with E-state index in [1.54, 1.807) is 0 Å². The smallest absolute Gasteiger partial charge is 0.0578 e. The average molecular weight is 231 g/mol. The van der Waals surface area contributed by atoms with Gasteiger partial charge in [0.1, 0.15) is 0 Å². The highest BCUT2D eigenvalue weighted by Crippen LogP contribution is 2.25. The third kappa shape index (κ3) is 2.64. The van der Waals surface area contributed by atoms with Crippen molar-refractivity contribution >= 4 is 17.0 Å². The molecular formula is C14H17NS. The zero-order valence-electron chi connectivity index (χ0n) is 9.95. The molecule has 1 heterocycles. The maximum Gasteiger partial charge on any atom is 0.0578 e. The summed E-state index contributed by atoms with van der Waals surface area (Å²) in [6.07, 6.45) is 0. The Labute approximate surface area is 101 Å². The van der Waals surface area contributed by atoms with Crippen LogP contribution in [0.4, 0.5) is 5.69 Å². The maximum atomic E-state index is 3.52. The highest BCUT2D eigenvalue weighted by atomic mass is 32.1. The van der Waals surface area contributed by atoms with Gasteiger partial charge in [-0.1, -0.05) is 12.1 Å². The lowest BCUT2D eigenvalue weighted by atomic mass is 10.2. The van der Waals surface area contributed by atoms with Crippen LogP contribution >= 0.6 is 11.3 Å². The Balaban J connectivity index is 2.10. The molecule has 1 nitrogen and oxygen atoms in total. The Hall–Kier alpha value is -1.28. The maximum absolute atomic E-state index is 3.52. The van der Waals surface area contributed by atoms with Crippen LogP contribution in [0.1, 0.15) is 28.3 Å². The molecule has 0 saturated heterocycles. The minimum atomic E-state index is 0.375. The van der Waals surface area contributed by atoms with Gasteiger partial charge in [-0.3, -0.25) is 0 Å². The summed E-state index contributed by atoms with van der Waals surface area (Å²) in [5.41, 5.74) is 2.48. The molecule has 0 amide bonds. The predicted molar refractivity (Wildman–Crippen MR) is 72.3 cm³/mol. The standard InChI is InChI=1S/C14H17NS/c1-10-5-4-6-13(9-10)15-12(3)14-8-7-11(2)16-14/h4-9,12,15H,1-3H3. The first-order valence-electron chi connectivity index (χ1n) is 5.54. The molecular weight excluding hydrogens is 214 g/mol. The highest BCUT2D eigenvalue weighted by Gasteiger charge is 2.07. The number of aryl methyl sites for hydroxylation is 2. The van der Waals surface area contributed by atoms with Gasteiger partial charge in [-0.2, -0.15) is 0 Å². The summed E-state index contributed by atoms with van der Waals surface area (Å²) in [6.45, 7) is 6.46. The number of rotatable bonds is 3. The zero-order chi connectivity index (χ0) is 11.5. The fraction of sp³-hybridized carbons (Fsp3) is 0.286. The molecule has 0 radical (unpaired) electrons. The van der Waals surface area contributed by atoms with Gasteiger partial charge in [0.25, 0.3) is 0 Å². The molecule has 0 spiro atoms. The molecule has 1 aromatic carbocycles. The van der Waals surface area contributed by atoms with Crippen LogP contribution in [0, 0.1) is 13.8 Å². The molecule has 0 saturated carbocycles. The van der Waals surface area contributed by atoms with Crippen LogP contribution < -0.4 is 5.32 Å². The molecule has 0 aliphatic carbocycles. The summed E-state index contributed by atoms with van der Waals surface area (Å²) in [7, 11) is 0. The second kappa shape index (κ2) is 4.71. The van der Waals surface area contributed by atoms with E-state index in [9.17, 15) is 0 Å². The van der Waals surface area contributed by atoms with Crippen molar-refractivity contribution in [2.75, 3.05) is 5.32 Å². The molecule has 1 N–H and O–H groups in total. The van der Waals surface area contributed by atoms with Gasteiger partial charge in [-0.15, -0.1) is 11.3 Å². The summed E-state index contributed by atoms with van der Waals surface area (Å²) in [4.78, 5) is 2.76. The Morgan fingerprint density at radius 1 is 1.12 bits per heavy atom. The van der Waals surface area contributed by atoms with Crippen molar-refractivity contribution in [1.29, 1.82) is 0 Å². The van der Waals surface area contributed by atoms with Crippen molar-refractivity contribution in [3.63, 3.8) is 0 Å². The number of nitrogens with one attached hydrogen (secondary N) is 1. The summed E-state index contributed by atoms with van der Waals surface area (Å²) < 4.78 is 0. The number of hydrogen-bond donors (Lipinski definition) is 1. The highest BCUT2D eigenvalue weighted by molar-refractivity contribution is 7.12.